The molecule has 0 aromatic carbocycles. The summed E-state index contributed by atoms with van der Waals surface area (Å²) in [5.74, 6) is 0.0606. The maximum absolute atomic E-state index is 9.20. The molecule has 6 aromatic rings. The zero-order valence-electron chi connectivity index (χ0n) is 20.2. The van der Waals surface area contributed by atoms with E-state index < -0.39 is 0 Å². The topological polar surface area (TPSA) is 56.3 Å². The molecule has 6 aromatic heterocycles. The van der Waals surface area contributed by atoms with Crippen molar-refractivity contribution in [1.29, 1.82) is 10.5 Å². The maximum Gasteiger partial charge on any atom is 0.520 e. The van der Waals surface area contributed by atoms with Gasteiger partial charge in [-0.15, -0.1) is 68.0 Å². The van der Waals surface area contributed by atoms with Crippen LogP contribution in [0.3, 0.4) is 0 Å². The van der Waals surface area contributed by atoms with Gasteiger partial charge < -0.3 is 0 Å². The standard InChI is InChI=1S/C30H12N4S6/c1-33-24(34-2)14-19-8-10-23(38-19)28-26(21-6-4-12-36-21)30-29(40-28)25(20-5-3-11-35-20)27(39-30)22-9-7-18(37-22)13-17(15-31)16-32/h3-14H. The largest absolute Gasteiger partial charge is 0.520 e. The van der Waals surface area contributed by atoms with Crippen molar-refractivity contribution >= 4 is 89.6 Å². The van der Waals surface area contributed by atoms with Crippen molar-refractivity contribution in [3.63, 3.8) is 0 Å². The Hall–Kier alpha value is -4.10. The van der Waals surface area contributed by atoms with E-state index >= 15 is 0 Å². The summed E-state index contributed by atoms with van der Waals surface area (Å²) in [5, 5.41) is 22.6. The summed E-state index contributed by atoms with van der Waals surface area (Å²) in [5.41, 5.74) is 2.51. The minimum atomic E-state index is 0.0606. The lowest BCUT2D eigenvalue weighted by molar-refractivity contribution is 1.47. The van der Waals surface area contributed by atoms with Gasteiger partial charge in [-0.3, -0.25) is 0 Å². The summed E-state index contributed by atoms with van der Waals surface area (Å²) in [6.07, 6.45) is 3.29. The van der Waals surface area contributed by atoms with Crippen LogP contribution in [0.25, 0.3) is 71.6 Å². The highest BCUT2D eigenvalue weighted by Crippen LogP contribution is 2.57. The predicted molar refractivity (Wildman–Crippen MR) is 173 cm³/mol. The van der Waals surface area contributed by atoms with Crippen molar-refractivity contribution in [1.82, 2.24) is 0 Å². The summed E-state index contributed by atoms with van der Waals surface area (Å²) in [6.45, 7) is 14.4. The molecule has 0 radical (unpaired) electrons. The van der Waals surface area contributed by atoms with Crippen molar-refractivity contribution in [3.05, 3.63) is 103 Å². The molecule has 0 saturated heterocycles. The number of fused-ring (bicyclic) bond motifs is 1. The molecule has 0 amide bonds. The van der Waals surface area contributed by atoms with E-state index in [0.29, 0.717) is 0 Å². The Morgan fingerprint density at radius 2 is 1.15 bits per heavy atom. The maximum atomic E-state index is 9.20. The van der Waals surface area contributed by atoms with E-state index in [-0.39, 0.29) is 11.4 Å². The molecule has 0 aliphatic heterocycles. The molecule has 0 aliphatic carbocycles. The van der Waals surface area contributed by atoms with Gasteiger partial charge in [-0.2, -0.15) is 20.2 Å². The first-order valence-corrected chi connectivity index (χ1v) is 16.5. The number of hydrogen-bond donors (Lipinski definition) is 0. The van der Waals surface area contributed by atoms with Crippen molar-refractivity contribution in [2.24, 2.45) is 0 Å². The molecule has 0 N–H and O–H groups in total. The normalized spacial score (nSPS) is 10.4. The van der Waals surface area contributed by atoms with Gasteiger partial charge in [-0.1, -0.05) is 12.1 Å². The van der Waals surface area contributed by atoms with Crippen molar-refractivity contribution < 1.29 is 0 Å². The molecular weight excluding hydrogens is 609 g/mol. The third kappa shape index (κ3) is 4.75. The van der Waals surface area contributed by atoms with E-state index in [0.717, 1.165) is 19.5 Å². The number of thiophene rings is 6. The Balaban J connectivity index is 1.58. The quantitative estimate of drug-likeness (QED) is 0.137. The lowest BCUT2D eigenvalue weighted by Gasteiger charge is -2.02. The Kier molecular flexibility index (Phi) is 7.30. The van der Waals surface area contributed by atoms with Gasteiger partial charge in [0.2, 0.25) is 0 Å². The first-order valence-electron chi connectivity index (χ1n) is 11.5. The van der Waals surface area contributed by atoms with Crippen LogP contribution >= 0.6 is 68.0 Å². The molecule has 6 heterocycles. The van der Waals surface area contributed by atoms with E-state index in [4.69, 9.17) is 13.1 Å². The Morgan fingerprint density at radius 1 is 0.650 bits per heavy atom. The van der Waals surface area contributed by atoms with Crippen LogP contribution in [-0.4, -0.2) is 0 Å². The SMILES string of the molecule is [C-]#[N+]C(=Cc1ccc(-c2sc3c(-c4cccs4)c(-c4ccc(C=C(C#N)C#N)s4)sc3c2-c2cccs2)s1)[N+]#[C-]. The van der Waals surface area contributed by atoms with Gasteiger partial charge in [0.15, 0.2) is 0 Å². The van der Waals surface area contributed by atoms with Crippen LogP contribution in [0.5, 0.6) is 0 Å². The Bertz CT molecular complexity index is 1910. The van der Waals surface area contributed by atoms with Gasteiger partial charge in [-0.05, 0) is 53.2 Å². The highest BCUT2D eigenvalue weighted by molar-refractivity contribution is 7.36. The number of nitriles is 2. The smallest absolute Gasteiger partial charge is 0.192 e. The van der Waals surface area contributed by atoms with E-state index in [1.807, 2.05) is 24.3 Å². The monoisotopic (exact) mass is 620 g/mol. The molecule has 10 heteroatoms. The first kappa shape index (κ1) is 26.1. The van der Waals surface area contributed by atoms with Crippen LogP contribution in [0, 0.1) is 35.8 Å². The summed E-state index contributed by atoms with van der Waals surface area (Å²) in [4.78, 5) is 15.4. The van der Waals surface area contributed by atoms with Gasteiger partial charge in [0.05, 0.1) is 19.2 Å². The molecule has 0 unspecified atom stereocenters. The van der Waals surface area contributed by atoms with Crippen LogP contribution < -0.4 is 0 Å². The highest BCUT2D eigenvalue weighted by Gasteiger charge is 2.26. The van der Waals surface area contributed by atoms with Crippen LogP contribution in [0.4, 0.5) is 0 Å². The summed E-state index contributed by atoms with van der Waals surface area (Å²) in [7, 11) is 0. The van der Waals surface area contributed by atoms with Gasteiger partial charge >= 0.3 is 5.82 Å². The van der Waals surface area contributed by atoms with E-state index in [1.54, 1.807) is 80.2 Å². The third-order valence-corrected chi connectivity index (χ3v) is 12.5. The van der Waals surface area contributed by atoms with E-state index in [1.165, 1.54) is 40.0 Å². The van der Waals surface area contributed by atoms with Gasteiger partial charge in [0.25, 0.3) is 0 Å². The number of nitrogens with zero attached hydrogens (tertiary/aromatic N) is 4. The summed E-state index contributed by atoms with van der Waals surface area (Å²) < 4.78 is 2.46. The van der Waals surface area contributed by atoms with Crippen molar-refractivity contribution in [3.8, 4) is 52.5 Å². The minimum Gasteiger partial charge on any atom is -0.192 e. The summed E-state index contributed by atoms with van der Waals surface area (Å²) >= 11 is 10.2. The molecule has 0 bridgehead atoms. The van der Waals surface area contributed by atoms with Crippen LogP contribution in [0.15, 0.2) is 70.7 Å². The minimum absolute atomic E-state index is 0.0606. The predicted octanol–water partition coefficient (Wildman–Crippen LogP) is 11.4. The average molecular weight is 621 g/mol. The fourth-order valence-corrected chi connectivity index (χ4v) is 11.0. The Morgan fingerprint density at radius 3 is 1.57 bits per heavy atom. The van der Waals surface area contributed by atoms with Crippen molar-refractivity contribution in [2.75, 3.05) is 0 Å². The van der Waals surface area contributed by atoms with Crippen LogP contribution in [0.1, 0.15) is 9.75 Å². The molecule has 4 nitrogen and oxygen atoms in total. The summed E-state index contributed by atoms with van der Waals surface area (Å²) in [6, 6.07) is 20.4. The Labute approximate surface area is 254 Å². The molecule has 0 aliphatic rings. The van der Waals surface area contributed by atoms with E-state index in [9.17, 15) is 10.5 Å². The molecule has 0 fully saturated rings. The van der Waals surface area contributed by atoms with Crippen LogP contribution in [-0.2, 0) is 0 Å². The number of hydrogen-bond acceptors (Lipinski definition) is 8. The van der Waals surface area contributed by atoms with E-state index in [2.05, 4.69) is 56.8 Å². The molecule has 0 spiro atoms. The molecule has 40 heavy (non-hydrogen) atoms. The molecule has 188 valence electrons. The zero-order chi connectivity index (χ0) is 27.6. The van der Waals surface area contributed by atoms with Crippen molar-refractivity contribution in [2.45, 2.75) is 0 Å². The highest BCUT2D eigenvalue weighted by atomic mass is 32.1. The second kappa shape index (κ2) is 11.2. The zero-order valence-corrected chi connectivity index (χ0v) is 25.1. The number of allylic oxidation sites excluding steroid dienone is 1. The molecule has 0 saturated carbocycles. The molecule has 6 rings (SSSR count). The molecular formula is C30H12N4S6. The van der Waals surface area contributed by atoms with Gasteiger partial charge in [0.1, 0.15) is 30.9 Å². The fourth-order valence-electron chi connectivity index (χ4n) is 4.12. The fraction of sp³-hybridized carbons (Fsp3) is 0. The first-order chi connectivity index (χ1) is 19.6. The second-order valence-electron chi connectivity index (χ2n) is 8.14. The average Bonchev–Trinajstić information content (AvgIpc) is 3.80. The second-order valence-corrected chi connectivity index (χ2v) is 14.3. The lowest BCUT2D eigenvalue weighted by atomic mass is 10.1. The van der Waals surface area contributed by atoms with Gasteiger partial charge in [0, 0.05) is 46.5 Å². The third-order valence-electron chi connectivity index (χ3n) is 5.79. The lowest BCUT2D eigenvalue weighted by Crippen LogP contribution is -1.72. The van der Waals surface area contributed by atoms with Gasteiger partial charge in [-0.25, -0.2) is 0 Å². The number of rotatable bonds is 6. The van der Waals surface area contributed by atoms with Crippen LogP contribution in [0.2, 0.25) is 0 Å². The molecule has 0 atom stereocenters.